The van der Waals surface area contributed by atoms with Crippen molar-refractivity contribution in [3.05, 3.63) is 48.5 Å². The van der Waals surface area contributed by atoms with E-state index in [4.69, 9.17) is 4.74 Å². The molecule has 0 aliphatic carbocycles. The van der Waals surface area contributed by atoms with E-state index >= 15 is 0 Å². The highest BCUT2D eigenvalue weighted by Gasteiger charge is 1.95. The second-order valence-electron chi connectivity index (χ2n) is 4.75. The van der Waals surface area contributed by atoms with E-state index in [9.17, 15) is 0 Å². The first-order valence-electron chi connectivity index (χ1n) is 7.26. The molecule has 0 radical (unpaired) electrons. The number of imidazole rings is 1. The number of nitrogens with one attached hydrogen (secondary N) is 1. The first-order chi connectivity index (χ1) is 9.88. The molecule has 0 saturated carbocycles. The van der Waals surface area contributed by atoms with E-state index in [0.717, 1.165) is 38.2 Å². The van der Waals surface area contributed by atoms with Gasteiger partial charge in [0.05, 0.1) is 6.33 Å². The molecule has 1 N–H and O–H groups in total. The maximum Gasteiger partial charge on any atom is 0.119 e. The van der Waals surface area contributed by atoms with E-state index in [1.165, 1.54) is 5.56 Å². The molecule has 0 aliphatic rings. The summed E-state index contributed by atoms with van der Waals surface area (Å²) in [5.74, 6) is 0.947. The predicted octanol–water partition coefficient (Wildman–Crippen LogP) is 2.50. The monoisotopic (exact) mass is 273 g/mol. The second kappa shape index (κ2) is 8.38. The van der Waals surface area contributed by atoms with Crippen molar-refractivity contribution >= 4 is 0 Å². The quantitative estimate of drug-likeness (QED) is 0.714. The number of aryl methyl sites for hydroxylation is 2. The molecule has 108 valence electrons. The Labute approximate surface area is 120 Å². The van der Waals surface area contributed by atoms with Crippen LogP contribution in [0.1, 0.15) is 18.9 Å². The Balaban J connectivity index is 1.50. The molecule has 4 nitrogen and oxygen atoms in total. The van der Waals surface area contributed by atoms with Gasteiger partial charge < -0.3 is 14.6 Å². The lowest BCUT2D eigenvalue weighted by Crippen LogP contribution is -2.22. The summed E-state index contributed by atoms with van der Waals surface area (Å²) in [6, 6.07) is 8.32. The van der Waals surface area contributed by atoms with Crippen molar-refractivity contribution in [2.24, 2.45) is 0 Å². The molecule has 2 rings (SSSR count). The first-order valence-corrected chi connectivity index (χ1v) is 7.26. The summed E-state index contributed by atoms with van der Waals surface area (Å²) in [5, 5.41) is 3.38. The molecule has 0 amide bonds. The molecular formula is C16H23N3O. The largest absolute Gasteiger partial charge is 0.492 e. The number of benzene rings is 1. The van der Waals surface area contributed by atoms with Gasteiger partial charge in [-0.3, -0.25) is 0 Å². The van der Waals surface area contributed by atoms with Gasteiger partial charge in [0.2, 0.25) is 0 Å². The Kier molecular flexibility index (Phi) is 6.11. The molecular weight excluding hydrogens is 250 g/mol. The lowest BCUT2D eigenvalue weighted by molar-refractivity contribution is 0.313. The van der Waals surface area contributed by atoms with Crippen molar-refractivity contribution < 1.29 is 4.74 Å². The summed E-state index contributed by atoms with van der Waals surface area (Å²) in [7, 11) is 0. The van der Waals surface area contributed by atoms with Gasteiger partial charge in [-0.05, 0) is 37.1 Å². The van der Waals surface area contributed by atoms with E-state index in [1.54, 1.807) is 0 Å². The van der Waals surface area contributed by atoms with Gasteiger partial charge in [-0.15, -0.1) is 0 Å². The van der Waals surface area contributed by atoms with E-state index in [0.29, 0.717) is 6.61 Å². The summed E-state index contributed by atoms with van der Waals surface area (Å²) in [5.41, 5.74) is 1.34. The van der Waals surface area contributed by atoms with Crippen LogP contribution in [0.5, 0.6) is 5.75 Å². The fraction of sp³-hybridized carbons (Fsp3) is 0.438. The van der Waals surface area contributed by atoms with Crippen LogP contribution in [0.4, 0.5) is 0 Å². The van der Waals surface area contributed by atoms with Gasteiger partial charge >= 0.3 is 0 Å². The van der Waals surface area contributed by atoms with Gasteiger partial charge in [0.25, 0.3) is 0 Å². The van der Waals surface area contributed by atoms with Gasteiger partial charge in [0.1, 0.15) is 12.4 Å². The number of ether oxygens (including phenoxy) is 1. The third-order valence-electron chi connectivity index (χ3n) is 3.21. The molecule has 1 aromatic heterocycles. The topological polar surface area (TPSA) is 39.1 Å². The zero-order valence-corrected chi connectivity index (χ0v) is 12.1. The highest BCUT2D eigenvalue weighted by molar-refractivity contribution is 5.27. The molecule has 4 heteroatoms. The first kappa shape index (κ1) is 14.6. The van der Waals surface area contributed by atoms with E-state index in [1.807, 2.05) is 30.9 Å². The molecule has 20 heavy (non-hydrogen) atoms. The van der Waals surface area contributed by atoms with Crippen LogP contribution in [0, 0.1) is 0 Å². The van der Waals surface area contributed by atoms with Crippen LogP contribution in [-0.4, -0.2) is 29.2 Å². The number of rotatable bonds is 9. The maximum absolute atomic E-state index is 5.68. The van der Waals surface area contributed by atoms with Gasteiger partial charge in [-0.1, -0.05) is 19.1 Å². The lowest BCUT2D eigenvalue weighted by Gasteiger charge is -2.08. The SMILES string of the molecule is CCc1ccc(OCCNCCCn2ccnc2)cc1. The Morgan fingerprint density at radius 1 is 1.20 bits per heavy atom. The zero-order chi connectivity index (χ0) is 14.0. The van der Waals surface area contributed by atoms with Gasteiger partial charge in [0.15, 0.2) is 0 Å². The van der Waals surface area contributed by atoms with Gasteiger partial charge in [0, 0.05) is 25.5 Å². The average Bonchev–Trinajstić information content (AvgIpc) is 3.00. The number of hydrogen-bond acceptors (Lipinski definition) is 3. The van der Waals surface area contributed by atoms with Crippen molar-refractivity contribution in [3.63, 3.8) is 0 Å². The lowest BCUT2D eigenvalue weighted by atomic mass is 10.2. The highest BCUT2D eigenvalue weighted by Crippen LogP contribution is 2.11. The molecule has 0 unspecified atom stereocenters. The van der Waals surface area contributed by atoms with Crippen LogP contribution in [0.3, 0.4) is 0 Å². The smallest absolute Gasteiger partial charge is 0.119 e. The maximum atomic E-state index is 5.68. The minimum atomic E-state index is 0.705. The minimum Gasteiger partial charge on any atom is -0.492 e. The van der Waals surface area contributed by atoms with E-state index in [2.05, 4.69) is 33.9 Å². The van der Waals surface area contributed by atoms with Crippen LogP contribution in [0.2, 0.25) is 0 Å². The summed E-state index contributed by atoms with van der Waals surface area (Å²) in [4.78, 5) is 4.02. The molecule has 1 heterocycles. The van der Waals surface area contributed by atoms with Crippen LogP contribution in [-0.2, 0) is 13.0 Å². The van der Waals surface area contributed by atoms with Crippen LogP contribution in [0.15, 0.2) is 43.0 Å². The van der Waals surface area contributed by atoms with Gasteiger partial charge in [-0.2, -0.15) is 0 Å². The van der Waals surface area contributed by atoms with Crippen LogP contribution < -0.4 is 10.1 Å². The van der Waals surface area contributed by atoms with Crippen molar-refractivity contribution in [2.45, 2.75) is 26.3 Å². The summed E-state index contributed by atoms with van der Waals surface area (Å²) in [6.45, 7) is 5.74. The van der Waals surface area contributed by atoms with Crippen LogP contribution in [0.25, 0.3) is 0 Å². The molecule has 0 atom stereocenters. The Hall–Kier alpha value is -1.81. The predicted molar refractivity (Wildman–Crippen MR) is 81.0 cm³/mol. The molecule has 0 aliphatic heterocycles. The number of nitrogens with zero attached hydrogens (tertiary/aromatic N) is 2. The molecule has 0 fully saturated rings. The van der Waals surface area contributed by atoms with E-state index < -0.39 is 0 Å². The second-order valence-corrected chi connectivity index (χ2v) is 4.75. The van der Waals surface area contributed by atoms with Crippen LogP contribution >= 0.6 is 0 Å². The Morgan fingerprint density at radius 3 is 2.75 bits per heavy atom. The summed E-state index contributed by atoms with van der Waals surface area (Å²) in [6.07, 6.45) is 7.82. The normalized spacial score (nSPS) is 10.7. The summed E-state index contributed by atoms with van der Waals surface area (Å²) < 4.78 is 7.77. The molecule has 0 bridgehead atoms. The Bertz CT molecular complexity index is 465. The summed E-state index contributed by atoms with van der Waals surface area (Å²) >= 11 is 0. The third kappa shape index (κ3) is 5.05. The minimum absolute atomic E-state index is 0.705. The molecule has 2 aromatic rings. The van der Waals surface area contributed by atoms with E-state index in [-0.39, 0.29) is 0 Å². The Morgan fingerprint density at radius 2 is 2.05 bits per heavy atom. The molecule has 1 aromatic carbocycles. The number of aromatic nitrogens is 2. The molecule has 0 saturated heterocycles. The standard InChI is InChI=1S/C16H23N3O/c1-2-15-4-6-16(7-5-15)20-13-10-17-8-3-11-19-12-9-18-14-19/h4-7,9,12,14,17H,2-3,8,10-11,13H2,1H3. The van der Waals surface area contributed by atoms with Crippen molar-refractivity contribution in [2.75, 3.05) is 19.7 Å². The third-order valence-corrected chi connectivity index (χ3v) is 3.21. The zero-order valence-electron chi connectivity index (χ0n) is 12.1. The van der Waals surface area contributed by atoms with Crippen molar-refractivity contribution in [1.29, 1.82) is 0 Å². The fourth-order valence-corrected chi connectivity index (χ4v) is 1.99. The van der Waals surface area contributed by atoms with Gasteiger partial charge in [-0.25, -0.2) is 4.98 Å². The number of hydrogen-bond donors (Lipinski definition) is 1. The molecule has 0 spiro atoms. The fourth-order valence-electron chi connectivity index (χ4n) is 1.99. The van der Waals surface area contributed by atoms with Crippen molar-refractivity contribution in [1.82, 2.24) is 14.9 Å². The highest BCUT2D eigenvalue weighted by atomic mass is 16.5. The van der Waals surface area contributed by atoms with Crippen molar-refractivity contribution in [3.8, 4) is 5.75 Å². The average molecular weight is 273 g/mol.